The monoisotopic (exact) mass is 163 g/mol. The zero-order valence-electron chi connectivity index (χ0n) is 6.65. The second-order valence-electron chi connectivity index (χ2n) is 2.47. The highest BCUT2D eigenvalue weighted by Gasteiger charge is 1.98. The third-order valence-electron chi connectivity index (χ3n) is 1.58. The third kappa shape index (κ3) is 1.16. The summed E-state index contributed by atoms with van der Waals surface area (Å²) in [5.74, 6) is 0.802. The van der Waals surface area contributed by atoms with Crippen LogP contribution in [0.25, 0.3) is 0 Å². The smallest absolute Gasteiger partial charge is 0.207 e. The van der Waals surface area contributed by atoms with Crippen LogP contribution in [0, 0.1) is 0 Å². The first-order valence-electron chi connectivity index (χ1n) is 3.59. The highest BCUT2D eigenvalue weighted by Crippen LogP contribution is 2.10. The Kier molecular flexibility index (Phi) is 1.55. The number of nitrogens with one attached hydrogen (secondary N) is 2. The Bertz CT molecular complexity index is 348. The van der Waals surface area contributed by atoms with Gasteiger partial charge in [-0.2, -0.15) is 5.10 Å². The Morgan fingerprint density at radius 1 is 1.58 bits per heavy atom. The van der Waals surface area contributed by atoms with E-state index in [9.17, 15) is 0 Å². The van der Waals surface area contributed by atoms with Crippen LogP contribution in [-0.2, 0) is 7.05 Å². The van der Waals surface area contributed by atoms with Crippen molar-refractivity contribution in [3.05, 3.63) is 24.8 Å². The van der Waals surface area contributed by atoms with Crippen LogP contribution in [0.2, 0.25) is 0 Å². The molecule has 2 aromatic rings. The number of hydrogen-bond acceptors (Lipinski definition) is 3. The van der Waals surface area contributed by atoms with Gasteiger partial charge in [0, 0.05) is 25.6 Å². The molecule has 0 saturated heterocycles. The van der Waals surface area contributed by atoms with Gasteiger partial charge in [0.05, 0.1) is 11.9 Å². The molecule has 0 aliphatic rings. The Labute approximate surface area is 69.4 Å². The van der Waals surface area contributed by atoms with E-state index in [0.29, 0.717) is 0 Å². The van der Waals surface area contributed by atoms with Gasteiger partial charge in [0.25, 0.3) is 0 Å². The minimum atomic E-state index is 0.802. The second kappa shape index (κ2) is 2.69. The molecule has 5 nitrogen and oxygen atoms in total. The maximum Gasteiger partial charge on any atom is 0.207 e. The van der Waals surface area contributed by atoms with Gasteiger partial charge >= 0.3 is 0 Å². The van der Waals surface area contributed by atoms with Crippen molar-refractivity contribution in [3.63, 3.8) is 0 Å². The van der Waals surface area contributed by atoms with Gasteiger partial charge in [0.15, 0.2) is 0 Å². The standard InChI is InChI=1S/C7H9N5/c1-12-3-2-8-7(12)11-6-4-9-10-5-6/h2-5H,1H3,(H,8,11)(H,9,10). The molecule has 12 heavy (non-hydrogen) atoms. The molecule has 0 amide bonds. The summed E-state index contributed by atoms with van der Waals surface area (Å²) in [6.45, 7) is 0. The van der Waals surface area contributed by atoms with E-state index >= 15 is 0 Å². The van der Waals surface area contributed by atoms with Gasteiger partial charge in [-0.25, -0.2) is 4.98 Å². The van der Waals surface area contributed by atoms with E-state index in [4.69, 9.17) is 0 Å². The number of imidazole rings is 1. The molecule has 2 rings (SSSR count). The summed E-state index contributed by atoms with van der Waals surface area (Å²) in [5.41, 5.74) is 0.907. The molecule has 62 valence electrons. The number of hydrogen-bond donors (Lipinski definition) is 2. The van der Waals surface area contributed by atoms with Crippen LogP contribution in [0.4, 0.5) is 11.6 Å². The fourth-order valence-electron chi connectivity index (χ4n) is 0.934. The van der Waals surface area contributed by atoms with Crippen molar-refractivity contribution in [2.24, 2.45) is 7.05 Å². The Balaban J connectivity index is 2.20. The lowest BCUT2D eigenvalue weighted by atomic mass is 10.6. The number of anilines is 2. The summed E-state index contributed by atoms with van der Waals surface area (Å²) >= 11 is 0. The molecule has 0 bridgehead atoms. The number of H-pyrrole nitrogens is 1. The Hall–Kier alpha value is -1.78. The molecule has 2 N–H and O–H groups in total. The molecular weight excluding hydrogens is 154 g/mol. The van der Waals surface area contributed by atoms with E-state index in [1.165, 1.54) is 0 Å². The van der Waals surface area contributed by atoms with Gasteiger partial charge in [-0.3, -0.25) is 5.10 Å². The van der Waals surface area contributed by atoms with Crippen molar-refractivity contribution < 1.29 is 0 Å². The molecule has 0 aromatic carbocycles. The molecule has 0 aliphatic carbocycles. The molecule has 0 spiro atoms. The molecule has 0 fully saturated rings. The molecule has 0 saturated carbocycles. The van der Waals surface area contributed by atoms with Crippen molar-refractivity contribution in [2.45, 2.75) is 0 Å². The summed E-state index contributed by atoms with van der Waals surface area (Å²) in [5, 5.41) is 9.61. The normalized spacial score (nSPS) is 10.1. The van der Waals surface area contributed by atoms with Crippen LogP contribution in [0.3, 0.4) is 0 Å². The van der Waals surface area contributed by atoms with Crippen LogP contribution in [-0.4, -0.2) is 19.7 Å². The fraction of sp³-hybridized carbons (Fsp3) is 0.143. The van der Waals surface area contributed by atoms with E-state index in [-0.39, 0.29) is 0 Å². The first-order valence-corrected chi connectivity index (χ1v) is 3.59. The lowest BCUT2D eigenvalue weighted by Gasteiger charge is -2.00. The first kappa shape index (κ1) is 6.90. The largest absolute Gasteiger partial charge is 0.323 e. The quantitative estimate of drug-likeness (QED) is 0.691. The van der Waals surface area contributed by atoms with E-state index < -0.39 is 0 Å². The number of rotatable bonds is 2. The van der Waals surface area contributed by atoms with Crippen molar-refractivity contribution in [1.29, 1.82) is 0 Å². The van der Waals surface area contributed by atoms with Crippen LogP contribution >= 0.6 is 0 Å². The van der Waals surface area contributed by atoms with Gasteiger partial charge in [-0.05, 0) is 0 Å². The minimum Gasteiger partial charge on any atom is -0.323 e. The van der Waals surface area contributed by atoms with Crippen LogP contribution < -0.4 is 5.32 Å². The predicted octanol–water partition coefficient (Wildman–Crippen LogP) is 0.887. The molecule has 0 unspecified atom stereocenters. The van der Waals surface area contributed by atoms with Gasteiger partial charge < -0.3 is 9.88 Å². The van der Waals surface area contributed by atoms with Crippen molar-refractivity contribution in [3.8, 4) is 0 Å². The Morgan fingerprint density at radius 2 is 2.50 bits per heavy atom. The maximum absolute atomic E-state index is 4.10. The average Bonchev–Trinajstić information content (AvgIpc) is 2.65. The van der Waals surface area contributed by atoms with Crippen LogP contribution in [0.1, 0.15) is 0 Å². The number of aromatic nitrogens is 4. The highest BCUT2D eigenvalue weighted by molar-refractivity contribution is 5.50. The Morgan fingerprint density at radius 3 is 3.08 bits per heavy atom. The molecule has 0 radical (unpaired) electrons. The molecular formula is C7H9N5. The van der Waals surface area contributed by atoms with Crippen molar-refractivity contribution >= 4 is 11.6 Å². The summed E-state index contributed by atoms with van der Waals surface area (Å²) in [6, 6.07) is 0. The fourth-order valence-corrected chi connectivity index (χ4v) is 0.934. The number of aryl methyl sites for hydroxylation is 1. The summed E-state index contributed by atoms with van der Waals surface area (Å²) in [6.07, 6.45) is 7.09. The zero-order valence-corrected chi connectivity index (χ0v) is 6.65. The van der Waals surface area contributed by atoms with Crippen molar-refractivity contribution in [1.82, 2.24) is 19.7 Å². The summed E-state index contributed by atoms with van der Waals surface area (Å²) in [7, 11) is 1.93. The zero-order chi connectivity index (χ0) is 8.39. The minimum absolute atomic E-state index is 0.802. The summed E-state index contributed by atoms with van der Waals surface area (Å²) < 4.78 is 1.90. The molecule has 2 aromatic heterocycles. The van der Waals surface area contributed by atoms with Crippen molar-refractivity contribution in [2.75, 3.05) is 5.32 Å². The molecule has 0 atom stereocenters. The molecule has 0 aliphatic heterocycles. The van der Waals surface area contributed by atoms with Gasteiger partial charge in [0.1, 0.15) is 0 Å². The van der Waals surface area contributed by atoms with Gasteiger partial charge in [-0.15, -0.1) is 0 Å². The van der Waals surface area contributed by atoms with E-state index in [1.807, 2.05) is 17.8 Å². The van der Waals surface area contributed by atoms with E-state index in [2.05, 4.69) is 20.5 Å². The highest BCUT2D eigenvalue weighted by atomic mass is 15.2. The lowest BCUT2D eigenvalue weighted by Crippen LogP contribution is -1.96. The van der Waals surface area contributed by atoms with E-state index in [0.717, 1.165) is 11.6 Å². The molecule has 2 heterocycles. The number of nitrogens with zero attached hydrogens (tertiary/aromatic N) is 3. The lowest BCUT2D eigenvalue weighted by molar-refractivity contribution is 0.924. The third-order valence-corrected chi connectivity index (χ3v) is 1.58. The first-order chi connectivity index (χ1) is 5.86. The molecule has 5 heteroatoms. The second-order valence-corrected chi connectivity index (χ2v) is 2.47. The van der Waals surface area contributed by atoms with Crippen LogP contribution in [0.5, 0.6) is 0 Å². The topological polar surface area (TPSA) is 58.5 Å². The van der Waals surface area contributed by atoms with Crippen LogP contribution in [0.15, 0.2) is 24.8 Å². The predicted molar refractivity (Wildman–Crippen MR) is 45.1 cm³/mol. The number of aromatic amines is 1. The SMILES string of the molecule is Cn1ccnc1Nc1cn[nH]c1. The summed E-state index contributed by atoms with van der Waals surface area (Å²) in [4.78, 5) is 4.10. The van der Waals surface area contributed by atoms with E-state index in [1.54, 1.807) is 18.6 Å². The van der Waals surface area contributed by atoms with Gasteiger partial charge in [-0.1, -0.05) is 0 Å². The maximum atomic E-state index is 4.10. The van der Waals surface area contributed by atoms with Gasteiger partial charge in [0.2, 0.25) is 5.95 Å². The average molecular weight is 163 g/mol.